The van der Waals surface area contributed by atoms with Gasteiger partial charge in [0.15, 0.2) is 9.84 Å². The number of aromatic nitrogens is 1. The van der Waals surface area contributed by atoms with Gasteiger partial charge in [-0.1, -0.05) is 24.4 Å². The minimum Gasteiger partial charge on any atom is -0.492 e. The second kappa shape index (κ2) is 7.10. The van der Waals surface area contributed by atoms with Gasteiger partial charge in [-0.05, 0) is 49.8 Å². The third-order valence-electron chi connectivity index (χ3n) is 6.39. The van der Waals surface area contributed by atoms with Crippen LogP contribution in [0.1, 0.15) is 66.2 Å². The number of hydrogen-bond acceptors (Lipinski definition) is 5. The molecule has 2 heterocycles. The number of benzene rings is 1. The molecule has 3 aliphatic rings. The van der Waals surface area contributed by atoms with Gasteiger partial charge in [0.25, 0.3) is 5.56 Å². The molecule has 0 bridgehead atoms. The monoisotopic (exact) mass is 463 g/mol. The molecule has 0 spiro atoms. The third-order valence-corrected chi connectivity index (χ3v) is 8.82. The summed E-state index contributed by atoms with van der Waals surface area (Å²) in [6.45, 7) is 1.98. The number of rotatable bonds is 6. The van der Waals surface area contributed by atoms with Crippen molar-refractivity contribution in [2.45, 2.75) is 55.2 Å². The number of sulfone groups is 1. The molecule has 1 N–H and O–H groups in total. The van der Waals surface area contributed by atoms with Crippen LogP contribution in [0.25, 0.3) is 11.3 Å². The van der Waals surface area contributed by atoms with E-state index in [1.807, 2.05) is 0 Å². The number of nitrogens with zero attached hydrogens (tertiary/aromatic N) is 1. The van der Waals surface area contributed by atoms with Gasteiger partial charge in [0.2, 0.25) is 0 Å². The first-order valence-electron chi connectivity index (χ1n) is 10.4. The molecule has 1 aliphatic heterocycles. The lowest BCUT2D eigenvalue weighted by Gasteiger charge is -2.29. The van der Waals surface area contributed by atoms with Crippen LogP contribution in [0, 0.1) is 5.92 Å². The first-order chi connectivity index (χ1) is 14.7. The fraction of sp³-hybridized carbons (Fsp3) is 0.455. The zero-order valence-corrected chi connectivity index (χ0v) is 18.5. The Morgan fingerprint density at radius 2 is 1.94 bits per heavy atom. The molecule has 5 rings (SSSR count). The van der Waals surface area contributed by atoms with Gasteiger partial charge in [0, 0.05) is 17.7 Å². The topological polar surface area (TPSA) is 103 Å². The Morgan fingerprint density at radius 3 is 2.55 bits per heavy atom. The Kier molecular flexibility index (Phi) is 4.71. The van der Waals surface area contributed by atoms with Crippen LogP contribution in [0.3, 0.4) is 0 Å². The summed E-state index contributed by atoms with van der Waals surface area (Å²) in [5, 5.41) is 8.78. The number of ether oxygens (including phenoxy) is 1. The zero-order valence-electron chi connectivity index (χ0n) is 16.9. The number of aromatic carboxylic acids is 1. The number of carbonyl (C=O) groups is 1. The smallest absolute Gasteiger partial charge is 0.341 e. The molecule has 0 radical (unpaired) electrons. The Hall–Kier alpha value is -2.32. The molecule has 9 heteroatoms. The second-order valence-corrected chi connectivity index (χ2v) is 11.3. The molecule has 31 heavy (non-hydrogen) atoms. The van der Waals surface area contributed by atoms with Crippen molar-refractivity contribution in [3.05, 3.63) is 44.7 Å². The molecule has 0 saturated heterocycles. The van der Waals surface area contributed by atoms with E-state index < -0.39 is 32.2 Å². The van der Waals surface area contributed by atoms with Crippen LogP contribution in [0.15, 0.2) is 27.9 Å². The lowest BCUT2D eigenvalue weighted by molar-refractivity contribution is 0.0694. The predicted molar refractivity (Wildman–Crippen MR) is 115 cm³/mol. The van der Waals surface area contributed by atoms with Gasteiger partial charge >= 0.3 is 5.97 Å². The van der Waals surface area contributed by atoms with E-state index in [1.165, 1.54) is 42.5 Å². The fourth-order valence-corrected chi connectivity index (χ4v) is 6.10. The molecule has 1 aromatic carbocycles. The van der Waals surface area contributed by atoms with Gasteiger partial charge in [-0.3, -0.25) is 4.79 Å². The van der Waals surface area contributed by atoms with Crippen LogP contribution in [-0.4, -0.2) is 30.7 Å². The molecule has 7 nitrogen and oxygen atoms in total. The molecular formula is C22H22ClNO6S. The van der Waals surface area contributed by atoms with E-state index in [9.17, 15) is 23.1 Å². The van der Waals surface area contributed by atoms with Gasteiger partial charge in [-0.25, -0.2) is 13.2 Å². The van der Waals surface area contributed by atoms with E-state index in [4.69, 9.17) is 16.3 Å². The summed E-state index contributed by atoms with van der Waals surface area (Å²) >= 11 is 6.46. The second-order valence-electron chi connectivity index (χ2n) is 8.62. The minimum atomic E-state index is -3.83. The third kappa shape index (κ3) is 3.36. The van der Waals surface area contributed by atoms with Crippen molar-refractivity contribution in [1.82, 2.24) is 4.57 Å². The van der Waals surface area contributed by atoms with E-state index in [1.54, 1.807) is 0 Å². The van der Waals surface area contributed by atoms with Crippen LogP contribution in [0.5, 0.6) is 5.75 Å². The molecular weight excluding hydrogens is 442 g/mol. The Morgan fingerprint density at radius 1 is 1.23 bits per heavy atom. The number of carboxylic acids is 1. The predicted octanol–water partition coefficient (Wildman–Crippen LogP) is 4.23. The number of halogens is 1. The molecule has 1 atom stereocenters. The molecule has 0 amide bonds. The molecule has 2 aliphatic carbocycles. The molecule has 1 aromatic heterocycles. The van der Waals surface area contributed by atoms with Crippen LogP contribution in [0.2, 0.25) is 5.02 Å². The summed E-state index contributed by atoms with van der Waals surface area (Å²) in [5.41, 5.74) is 0.0547. The van der Waals surface area contributed by atoms with Crippen LogP contribution < -0.4 is 10.3 Å². The lowest BCUT2D eigenvalue weighted by Crippen LogP contribution is -2.31. The maximum absolute atomic E-state index is 13.4. The maximum atomic E-state index is 13.4. The SMILES string of the molecule is CC1c2cc(C(=O)O)c(=O)n(C3CC3)c2-c2cc(Cl)c(OCCC3CC3)cc2S1(=O)=O. The van der Waals surface area contributed by atoms with Crippen molar-refractivity contribution in [3.63, 3.8) is 0 Å². The van der Waals surface area contributed by atoms with Crippen LogP contribution in [0.4, 0.5) is 0 Å². The lowest BCUT2D eigenvalue weighted by atomic mass is 9.99. The van der Waals surface area contributed by atoms with Crippen molar-refractivity contribution in [1.29, 1.82) is 0 Å². The summed E-state index contributed by atoms with van der Waals surface area (Å²) in [6, 6.07) is 4.05. The van der Waals surface area contributed by atoms with Gasteiger partial charge in [0.1, 0.15) is 11.3 Å². The average molecular weight is 464 g/mol. The molecule has 1 unspecified atom stereocenters. The molecule has 2 aromatic rings. The highest BCUT2D eigenvalue weighted by Gasteiger charge is 2.41. The molecule has 2 fully saturated rings. The fourth-order valence-electron chi connectivity index (χ4n) is 4.25. The average Bonchev–Trinajstić information content (AvgIpc) is 3.61. The molecule has 164 valence electrons. The van der Waals surface area contributed by atoms with Gasteiger partial charge in [-0.2, -0.15) is 0 Å². The standard InChI is InChI=1S/C22H22ClNO6S/c1-11-14-8-16(22(26)27)21(25)24(13-4-5-13)20(14)15-9-17(23)18(10-19(15)31(11,28)29)30-7-6-12-2-3-12/h8-13H,2-7H2,1H3,(H,26,27). The number of carboxylic acid groups (broad SMARTS) is 1. The van der Waals surface area contributed by atoms with Gasteiger partial charge < -0.3 is 14.4 Å². The summed E-state index contributed by atoms with van der Waals surface area (Å²) < 4.78 is 33.9. The number of fused-ring (bicyclic) bond motifs is 3. The highest BCUT2D eigenvalue weighted by molar-refractivity contribution is 7.92. The normalized spacial score (nSPS) is 21.3. The zero-order chi connectivity index (χ0) is 22.1. The van der Waals surface area contributed by atoms with Crippen molar-refractivity contribution in [2.24, 2.45) is 5.92 Å². The summed E-state index contributed by atoms with van der Waals surface area (Å²) in [6.07, 6.45) is 4.77. The van der Waals surface area contributed by atoms with Crippen molar-refractivity contribution in [3.8, 4) is 17.0 Å². The summed E-state index contributed by atoms with van der Waals surface area (Å²) in [7, 11) is -3.83. The van der Waals surface area contributed by atoms with Gasteiger partial charge in [0.05, 0.1) is 27.5 Å². The number of pyridine rings is 1. The van der Waals surface area contributed by atoms with Crippen molar-refractivity contribution >= 4 is 27.4 Å². The Labute approximate surface area is 184 Å². The van der Waals surface area contributed by atoms with Crippen LogP contribution in [-0.2, 0) is 9.84 Å². The summed E-state index contributed by atoms with van der Waals surface area (Å²) in [5.74, 6) is -0.388. The first-order valence-corrected chi connectivity index (χ1v) is 12.4. The molecule has 2 saturated carbocycles. The Bertz CT molecular complexity index is 1270. The highest BCUT2D eigenvalue weighted by Crippen LogP contribution is 2.49. The summed E-state index contributed by atoms with van der Waals surface area (Å²) in [4.78, 5) is 24.7. The Balaban J connectivity index is 1.72. The van der Waals surface area contributed by atoms with Crippen LogP contribution >= 0.6 is 11.6 Å². The van der Waals surface area contributed by atoms with Crippen molar-refractivity contribution in [2.75, 3.05) is 6.61 Å². The number of hydrogen-bond donors (Lipinski definition) is 1. The van der Waals surface area contributed by atoms with Crippen molar-refractivity contribution < 1.29 is 23.1 Å². The maximum Gasteiger partial charge on any atom is 0.341 e. The minimum absolute atomic E-state index is 0.0650. The largest absolute Gasteiger partial charge is 0.492 e. The van der Waals surface area contributed by atoms with E-state index in [0.29, 0.717) is 35.1 Å². The highest BCUT2D eigenvalue weighted by atomic mass is 35.5. The first kappa shape index (κ1) is 20.6. The van der Waals surface area contributed by atoms with Gasteiger partial charge in [-0.15, -0.1) is 0 Å². The van der Waals surface area contributed by atoms with E-state index in [-0.39, 0.29) is 16.0 Å². The van der Waals surface area contributed by atoms with E-state index >= 15 is 0 Å². The quantitative estimate of drug-likeness (QED) is 0.687. The van der Waals surface area contributed by atoms with E-state index in [2.05, 4.69) is 0 Å². The van der Waals surface area contributed by atoms with E-state index in [0.717, 1.165) is 19.3 Å².